The average Bonchev–Trinajstić information content (AvgIpc) is 2.89. The van der Waals surface area contributed by atoms with E-state index >= 15 is 0 Å². The third kappa shape index (κ3) is 2.43. The largest absolute Gasteiger partial charge is 0.464 e. The summed E-state index contributed by atoms with van der Waals surface area (Å²) in [4.78, 5) is 22.9. The van der Waals surface area contributed by atoms with Crippen molar-refractivity contribution in [3.05, 3.63) is 12.5 Å². The number of carbonyl (C=O) groups excluding carboxylic acids is 1. The van der Waals surface area contributed by atoms with Crippen LogP contribution in [0.3, 0.4) is 0 Å². The van der Waals surface area contributed by atoms with Gasteiger partial charge in [-0.1, -0.05) is 0 Å². The molecule has 21 heavy (non-hydrogen) atoms. The van der Waals surface area contributed by atoms with Gasteiger partial charge in [0.2, 0.25) is 0 Å². The highest BCUT2D eigenvalue weighted by Crippen LogP contribution is 2.29. The maximum absolute atomic E-state index is 12.2. The van der Waals surface area contributed by atoms with Crippen molar-refractivity contribution < 1.29 is 9.53 Å². The number of piperidine rings is 1. The molecule has 112 valence electrons. The lowest BCUT2D eigenvalue weighted by Crippen LogP contribution is -2.46. The Bertz CT molecular complexity index is 654. The van der Waals surface area contributed by atoms with Gasteiger partial charge < -0.3 is 9.64 Å². The van der Waals surface area contributed by atoms with Gasteiger partial charge in [-0.25, -0.2) is 14.8 Å². The molecule has 0 bridgehead atoms. The molecule has 1 aliphatic rings. The average molecular weight is 289 g/mol. The Morgan fingerprint density at radius 1 is 1.43 bits per heavy atom. The van der Waals surface area contributed by atoms with Crippen molar-refractivity contribution in [3.63, 3.8) is 0 Å². The van der Waals surface area contributed by atoms with E-state index in [2.05, 4.69) is 15.1 Å². The van der Waals surface area contributed by atoms with Gasteiger partial charge in [-0.2, -0.15) is 5.10 Å². The second kappa shape index (κ2) is 5.67. The van der Waals surface area contributed by atoms with E-state index in [1.54, 1.807) is 10.9 Å². The molecule has 3 rings (SSSR count). The zero-order valence-electron chi connectivity index (χ0n) is 12.3. The van der Waals surface area contributed by atoms with E-state index < -0.39 is 0 Å². The molecule has 0 radical (unpaired) electrons. The van der Waals surface area contributed by atoms with Crippen molar-refractivity contribution in [1.29, 1.82) is 0 Å². The number of carbonyl (C=O) groups is 1. The molecule has 0 saturated carbocycles. The van der Waals surface area contributed by atoms with Crippen LogP contribution < -0.4 is 4.90 Å². The third-order valence-electron chi connectivity index (χ3n) is 3.84. The van der Waals surface area contributed by atoms with Crippen molar-refractivity contribution in [1.82, 2.24) is 19.7 Å². The van der Waals surface area contributed by atoms with Gasteiger partial charge in [0.1, 0.15) is 18.2 Å². The molecule has 1 unspecified atom stereocenters. The van der Waals surface area contributed by atoms with Crippen LogP contribution in [0.5, 0.6) is 0 Å². The number of hydrogen-bond acceptors (Lipinski definition) is 6. The highest BCUT2D eigenvalue weighted by molar-refractivity contribution is 5.90. The van der Waals surface area contributed by atoms with Crippen LogP contribution in [-0.4, -0.2) is 44.9 Å². The van der Waals surface area contributed by atoms with Crippen molar-refractivity contribution >= 4 is 22.8 Å². The molecular formula is C14H19N5O2. The van der Waals surface area contributed by atoms with Crippen molar-refractivity contribution in [3.8, 4) is 0 Å². The fourth-order valence-electron chi connectivity index (χ4n) is 2.85. The minimum Gasteiger partial charge on any atom is -0.464 e. The topological polar surface area (TPSA) is 73.1 Å². The summed E-state index contributed by atoms with van der Waals surface area (Å²) in [5.74, 6) is 0.596. The Kier molecular flexibility index (Phi) is 3.72. The molecule has 7 heteroatoms. The van der Waals surface area contributed by atoms with Crippen LogP contribution >= 0.6 is 0 Å². The molecule has 2 aromatic heterocycles. The SMILES string of the molecule is CCOC(=O)C1CCCCN1c1ncnc2c1cnn2C. The van der Waals surface area contributed by atoms with Crippen LogP contribution in [0.25, 0.3) is 11.0 Å². The first-order valence-electron chi connectivity index (χ1n) is 7.28. The molecule has 0 amide bonds. The summed E-state index contributed by atoms with van der Waals surface area (Å²) in [6, 6.07) is -0.267. The van der Waals surface area contributed by atoms with Crippen molar-refractivity contribution in [2.75, 3.05) is 18.1 Å². The molecule has 0 N–H and O–H groups in total. The number of hydrogen-bond donors (Lipinski definition) is 0. The first-order valence-corrected chi connectivity index (χ1v) is 7.28. The summed E-state index contributed by atoms with van der Waals surface area (Å²) in [5.41, 5.74) is 0.771. The predicted molar refractivity (Wildman–Crippen MR) is 77.9 cm³/mol. The lowest BCUT2D eigenvalue weighted by Gasteiger charge is -2.35. The van der Waals surface area contributed by atoms with E-state index in [0.717, 1.165) is 42.7 Å². The highest BCUT2D eigenvalue weighted by Gasteiger charge is 2.32. The molecular weight excluding hydrogens is 270 g/mol. The minimum atomic E-state index is -0.267. The van der Waals surface area contributed by atoms with Crippen LogP contribution in [0, 0.1) is 0 Å². The van der Waals surface area contributed by atoms with Crippen LogP contribution in [0.15, 0.2) is 12.5 Å². The molecule has 1 saturated heterocycles. The fraction of sp³-hybridized carbons (Fsp3) is 0.571. The zero-order valence-corrected chi connectivity index (χ0v) is 12.3. The highest BCUT2D eigenvalue weighted by atomic mass is 16.5. The fourth-order valence-corrected chi connectivity index (χ4v) is 2.85. The number of anilines is 1. The van der Waals surface area contributed by atoms with Crippen LogP contribution in [0.4, 0.5) is 5.82 Å². The lowest BCUT2D eigenvalue weighted by atomic mass is 10.0. The Labute approximate surface area is 122 Å². The summed E-state index contributed by atoms with van der Waals surface area (Å²) in [6.45, 7) is 3.02. The second-order valence-corrected chi connectivity index (χ2v) is 5.16. The summed E-state index contributed by atoms with van der Waals surface area (Å²) in [7, 11) is 1.85. The van der Waals surface area contributed by atoms with Crippen molar-refractivity contribution in [2.45, 2.75) is 32.2 Å². The van der Waals surface area contributed by atoms with Gasteiger partial charge in [-0.05, 0) is 26.2 Å². The van der Waals surface area contributed by atoms with Crippen LogP contribution in [-0.2, 0) is 16.6 Å². The first kappa shape index (κ1) is 13.8. The summed E-state index contributed by atoms with van der Waals surface area (Å²) in [5, 5.41) is 5.10. The normalized spacial score (nSPS) is 19.0. The van der Waals surface area contributed by atoms with Crippen LogP contribution in [0.2, 0.25) is 0 Å². The number of rotatable bonds is 3. The van der Waals surface area contributed by atoms with Gasteiger partial charge in [-0.15, -0.1) is 0 Å². The molecule has 0 spiro atoms. The number of ether oxygens (including phenoxy) is 1. The smallest absolute Gasteiger partial charge is 0.328 e. The molecule has 2 aromatic rings. The van der Waals surface area contributed by atoms with Gasteiger partial charge in [0, 0.05) is 13.6 Å². The summed E-state index contributed by atoms with van der Waals surface area (Å²) < 4.78 is 6.92. The van der Waals surface area contributed by atoms with Gasteiger partial charge in [0.25, 0.3) is 0 Å². The number of esters is 1. The van der Waals surface area contributed by atoms with Gasteiger partial charge in [0.15, 0.2) is 5.65 Å². The summed E-state index contributed by atoms with van der Waals surface area (Å²) >= 11 is 0. The molecule has 1 fully saturated rings. The minimum absolute atomic E-state index is 0.173. The van der Waals surface area contributed by atoms with Crippen LogP contribution in [0.1, 0.15) is 26.2 Å². The Balaban J connectivity index is 2.00. The van der Waals surface area contributed by atoms with E-state index in [-0.39, 0.29) is 12.0 Å². The maximum Gasteiger partial charge on any atom is 0.328 e. The number of aromatic nitrogens is 4. The Morgan fingerprint density at radius 2 is 2.29 bits per heavy atom. The van der Waals surface area contributed by atoms with Gasteiger partial charge >= 0.3 is 5.97 Å². The molecule has 3 heterocycles. The molecule has 1 atom stereocenters. The Hall–Kier alpha value is -2.18. The maximum atomic E-state index is 12.2. The quantitative estimate of drug-likeness (QED) is 0.793. The van der Waals surface area contributed by atoms with E-state index in [0.29, 0.717) is 6.61 Å². The van der Waals surface area contributed by atoms with Crippen molar-refractivity contribution in [2.24, 2.45) is 7.05 Å². The zero-order chi connectivity index (χ0) is 14.8. The Morgan fingerprint density at radius 3 is 3.10 bits per heavy atom. The number of aryl methyl sites for hydroxylation is 1. The second-order valence-electron chi connectivity index (χ2n) is 5.16. The number of fused-ring (bicyclic) bond motifs is 1. The van der Waals surface area contributed by atoms with E-state index in [4.69, 9.17) is 4.74 Å². The molecule has 0 aliphatic carbocycles. The predicted octanol–water partition coefficient (Wildman–Crippen LogP) is 1.29. The first-order chi connectivity index (χ1) is 10.2. The van der Waals surface area contributed by atoms with E-state index in [1.165, 1.54) is 6.33 Å². The van der Waals surface area contributed by atoms with Gasteiger partial charge in [-0.3, -0.25) is 4.68 Å². The molecule has 1 aliphatic heterocycles. The lowest BCUT2D eigenvalue weighted by molar-refractivity contribution is -0.145. The monoisotopic (exact) mass is 289 g/mol. The molecule has 0 aromatic carbocycles. The standard InChI is InChI=1S/C14H19N5O2/c1-3-21-14(20)11-6-4-5-7-19(11)13-10-8-17-18(2)12(10)15-9-16-13/h8-9,11H,3-7H2,1-2H3. The van der Waals surface area contributed by atoms with Gasteiger partial charge in [0.05, 0.1) is 18.2 Å². The third-order valence-corrected chi connectivity index (χ3v) is 3.84. The van der Waals surface area contributed by atoms with E-state index in [1.807, 2.05) is 18.9 Å². The van der Waals surface area contributed by atoms with E-state index in [9.17, 15) is 4.79 Å². The number of nitrogens with zero attached hydrogens (tertiary/aromatic N) is 5. The summed E-state index contributed by atoms with van der Waals surface area (Å²) in [6.07, 6.45) is 6.14. The molecule has 7 nitrogen and oxygen atoms in total.